The molecule has 2 aromatic rings. The second-order valence-corrected chi connectivity index (χ2v) is 6.58. The number of nitrogens with zero attached hydrogens (tertiary/aromatic N) is 2. The van der Waals surface area contributed by atoms with Gasteiger partial charge in [0.25, 0.3) is 5.56 Å². The van der Waals surface area contributed by atoms with Crippen LogP contribution in [0.3, 0.4) is 0 Å². The summed E-state index contributed by atoms with van der Waals surface area (Å²) in [6, 6.07) is 7.48. The fourth-order valence-corrected chi connectivity index (χ4v) is 3.20. The Morgan fingerprint density at radius 2 is 2.00 bits per heavy atom. The van der Waals surface area contributed by atoms with Crippen LogP contribution in [-0.4, -0.2) is 14.9 Å². The topological polar surface area (TPSA) is 34.9 Å². The normalized spacial score (nSPS) is 13.7. The molecule has 0 saturated carbocycles. The number of alkyl halides is 1. The predicted molar refractivity (Wildman–Crippen MR) is 82.7 cm³/mol. The zero-order valence-electron chi connectivity index (χ0n) is 11.6. The monoisotopic (exact) mass is 322 g/mol. The van der Waals surface area contributed by atoms with E-state index in [0.717, 1.165) is 10.8 Å². The van der Waals surface area contributed by atoms with Gasteiger partial charge in [-0.25, -0.2) is 4.98 Å². The summed E-state index contributed by atoms with van der Waals surface area (Å²) in [5.74, 6) is 0.383. The molecule has 0 amide bonds. The summed E-state index contributed by atoms with van der Waals surface area (Å²) < 4.78 is 1.72. The van der Waals surface area contributed by atoms with Crippen molar-refractivity contribution >= 4 is 26.8 Å². The second-order valence-electron chi connectivity index (χ2n) is 5.94. The lowest BCUT2D eigenvalue weighted by Gasteiger charge is -2.29. The fourth-order valence-electron chi connectivity index (χ4n) is 2.03. The molecule has 1 unspecified atom stereocenters. The van der Waals surface area contributed by atoms with E-state index in [1.54, 1.807) is 10.9 Å². The lowest BCUT2D eigenvalue weighted by atomic mass is 9.82. The van der Waals surface area contributed by atoms with Crippen molar-refractivity contribution in [3.8, 4) is 0 Å². The molecule has 19 heavy (non-hydrogen) atoms. The first kappa shape index (κ1) is 14.3. The highest BCUT2D eigenvalue weighted by molar-refractivity contribution is 9.09. The van der Waals surface area contributed by atoms with E-state index >= 15 is 0 Å². The van der Waals surface area contributed by atoms with E-state index in [-0.39, 0.29) is 11.0 Å². The maximum Gasteiger partial charge on any atom is 0.261 e. The van der Waals surface area contributed by atoms with Gasteiger partial charge in [0.15, 0.2) is 0 Å². The Kier molecular flexibility index (Phi) is 4.09. The number of halogens is 1. The van der Waals surface area contributed by atoms with Gasteiger partial charge in [0.2, 0.25) is 0 Å². The summed E-state index contributed by atoms with van der Waals surface area (Å²) >= 11 is 3.55. The quantitative estimate of drug-likeness (QED) is 0.811. The number of aromatic nitrogens is 2. The summed E-state index contributed by atoms with van der Waals surface area (Å²) in [4.78, 5) is 16.8. The first-order chi connectivity index (χ1) is 8.93. The van der Waals surface area contributed by atoms with Crippen LogP contribution < -0.4 is 5.56 Å². The highest BCUT2D eigenvalue weighted by Gasteiger charge is 2.24. The Morgan fingerprint density at radius 1 is 1.32 bits per heavy atom. The van der Waals surface area contributed by atoms with E-state index in [0.29, 0.717) is 17.8 Å². The number of hydrogen-bond acceptors (Lipinski definition) is 2. The predicted octanol–water partition coefficient (Wildman–Crippen LogP) is 3.45. The minimum atomic E-state index is 0.0424. The van der Waals surface area contributed by atoms with Gasteiger partial charge in [-0.05, 0) is 23.5 Å². The smallest absolute Gasteiger partial charge is 0.261 e. The van der Waals surface area contributed by atoms with Crippen molar-refractivity contribution < 1.29 is 0 Å². The Morgan fingerprint density at radius 3 is 2.63 bits per heavy atom. The maximum atomic E-state index is 12.4. The third kappa shape index (κ3) is 3.06. The molecule has 0 spiro atoms. The number of benzene rings is 1. The summed E-state index contributed by atoms with van der Waals surface area (Å²) in [6.07, 6.45) is 1.66. The molecule has 1 heterocycles. The van der Waals surface area contributed by atoms with E-state index in [4.69, 9.17) is 0 Å². The number of hydrogen-bond donors (Lipinski definition) is 0. The van der Waals surface area contributed by atoms with Gasteiger partial charge in [0, 0.05) is 11.9 Å². The highest BCUT2D eigenvalue weighted by atomic mass is 79.9. The standard InChI is InChI=1S/C15H19BrN2O/c1-15(2,3)11(8-16)9-18-10-17-13-7-5-4-6-12(13)14(18)19/h4-7,10-11H,8-9H2,1-3H3. The third-order valence-electron chi connectivity index (χ3n) is 3.56. The summed E-state index contributed by atoms with van der Waals surface area (Å²) in [6.45, 7) is 7.26. The molecule has 0 aliphatic heterocycles. The van der Waals surface area contributed by atoms with Gasteiger partial charge in [-0.2, -0.15) is 0 Å². The van der Waals surface area contributed by atoms with Crippen molar-refractivity contribution in [1.82, 2.24) is 9.55 Å². The summed E-state index contributed by atoms with van der Waals surface area (Å²) in [7, 11) is 0. The van der Waals surface area contributed by atoms with Crippen molar-refractivity contribution in [3.63, 3.8) is 0 Å². The van der Waals surface area contributed by atoms with E-state index in [2.05, 4.69) is 41.7 Å². The van der Waals surface area contributed by atoms with Crippen molar-refractivity contribution in [2.24, 2.45) is 11.3 Å². The molecule has 1 aromatic heterocycles. The SMILES string of the molecule is CC(C)(C)C(CBr)Cn1cnc2ccccc2c1=O. The van der Waals surface area contributed by atoms with Crippen LogP contribution in [0.25, 0.3) is 10.9 Å². The van der Waals surface area contributed by atoms with Crippen LogP contribution in [-0.2, 0) is 6.54 Å². The first-order valence-electron chi connectivity index (χ1n) is 6.43. The van der Waals surface area contributed by atoms with Crippen molar-refractivity contribution in [1.29, 1.82) is 0 Å². The van der Waals surface area contributed by atoms with Gasteiger partial charge in [-0.3, -0.25) is 9.36 Å². The molecular formula is C15H19BrN2O. The molecule has 0 bridgehead atoms. The van der Waals surface area contributed by atoms with Gasteiger partial charge in [-0.1, -0.05) is 48.8 Å². The van der Waals surface area contributed by atoms with Crippen molar-refractivity contribution in [3.05, 3.63) is 40.9 Å². The maximum absolute atomic E-state index is 12.4. The Balaban J connectivity index is 2.41. The first-order valence-corrected chi connectivity index (χ1v) is 7.56. The molecule has 0 aliphatic rings. The minimum absolute atomic E-state index is 0.0424. The van der Waals surface area contributed by atoms with Gasteiger partial charge in [0.1, 0.15) is 0 Å². The largest absolute Gasteiger partial charge is 0.298 e. The fraction of sp³-hybridized carbons (Fsp3) is 0.467. The molecule has 0 N–H and O–H groups in total. The molecule has 102 valence electrons. The molecule has 0 fully saturated rings. The average Bonchev–Trinajstić information content (AvgIpc) is 2.37. The highest BCUT2D eigenvalue weighted by Crippen LogP contribution is 2.28. The average molecular weight is 323 g/mol. The number of para-hydroxylation sites is 1. The van der Waals surface area contributed by atoms with Crippen LogP contribution >= 0.6 is 15.9 Å². The molecule has 0 aliphatic carbocycles. The van der Waals surface area contributed by atoms with Gasteiger partial charge < -0.3 is 0 Å². The summed E-state index contributed by atoms with van der Waals surface area (Å²) in [5, 5.41) is 1.56. The van der Waals surface area contributed by atoms with E-state index < -0.39 is 0 Å². The third-order valence-corrected chi connectivity index (χ3v) is 4.34. The van der Waals surface area contributed by atoms with Crippen molar-refractivity contribution in [2.75, 3.05) is 5.33 Å². The Labute approximate surface area is 121 Å². The molecule has 1 atom stereocenters. The molecule has 1 aromatic carbocycles. The zero-order chi connectivity index (χ0) is 14.0. The summed E-state index contributed by atoms with van der Waals surface area (Å²) in [5.41, 5.74) is 0.949. The molecule has 4 heteroatoms. The van der Waals surface area contributed by atoms with Gasteiger partial charge >= 0.3 is 0 Å². The van der Waals surface area contributed by atoms with Crippen molar-refractivity contribution in [2.45, 2.75) is 27.3 Å². The van der Waals surface area contributed by atoms with Crippen LogP contribution in [0.1, 0.15) is 20.8 Å². The van der Waals surface area contributed by atoms with Crippen LogP contribution in [0.4, 0.5) is 0 Å². The molecular weight excluding hydrogens is 304 g/mol. The lowest BCUT2D eigenvalue weighted by molar-refractivity contribution is 0.237. The minimum Gasteiger partial charge on any atom is -0.298 e. The van der Waals surface area contributed by atoms with Crippen LogP contribution in [0.15, 0.2) is 35.4 Å². The van der Waals surface area contributed by atoms with E-state index in [1.165, 1.54) is 0 Å². The molecule has 0 radical (unpaired) electrons. The van der Waals surface area contributed by atoms with Gasteiger partial charge in [-0.15, -0.1) is 0 Å². The molecule has 2 rings (SSSR count). The Bertz CT molecular complexity index is 628. The van der Waals surface area contributed by atoms with E-state index in [9.17, 15) is 4.79 Å². The van der Waals surface area contributed by atoms with Crippen LogP contribution in [0.2, 0.25) is 0 Å². The van der Waals surface area contributed by atoms with Gasteiger partial charge in [0.05, 0.1) is 17.2 Å². The molecule has 3 nitrogen and oxygen atoms in total. The lowest BCUT2D eigenvalue weighted by Crippen LogP contribution is -2.31. The zero-order valence-corrected chi connectivity index (χ0v) is 13.1. The van der Waals surface area contributed by atoms with Crippen LogP contribution in [0.5, 0.6) is 0 Å². The van der Waals surface area contributed by atoms with E-state index in [1.807, 2.05) is 24.3 Å². The molecule has 0 saturated heterocycles. The Hall–Kier alpha value is -1.16. The number of fused-ring (bicyclic) bond motifs is 1. The number of rotatable bonds is 3. The second kappa shape index (κ2) is 5.45. The van der Waals surface area contributed by atoms with Crippen LogP contribution in [0, 0.1) is 11.3 Å².